The summed E-state index contributed by atoms with van der Waals surface area (Å²) in [6.07, 6.45) is 0. The first-order valence-electron chi connectivity index (χ1n) is 8.44. The Kier molecular flexibility index (Phi) is 6.68. The molecule has 0 saturated heterocycles. The van der Waals surface area contributed by atoms with E-state index in [0.29, 0.717) is 5.69 Å². The summed E-state index contributed by atoms with van der Waals surface area (Å²) in [6, 6.07) is 10.1. The lowest BCUT2D eigenvalue weighted by atomic mass is 10.2. The molecule has 8 nitrogen and oxygen atoms in total. The highest BCUT2D eigenvalue weighted by Crippen LogP contribution is 2.29. The normalized spacial score (nSPS) is 11.7. The first-order valence-corrected chi connectivity index (χ1v) is 11.7. The Balaban J connectivity index is 2.20. The maximum atomic E-state index is 12.4. The molecule has 2 rings (SSSR count). The summed E-state index contributed by atoms with van der Waals surface area (Å²) in [4.78, 5) is 12.5. The van der Waals surface area contributed by atoms with Gasteiger partial charge in [0.1, 0.15) is 5.75 Å². The lowest BCUT2D eigenvalue weighted by molar-refractivity contribution is 0.102. The molecule has 0 heterocycles. The fraction of sp³-hybridized carbons (Fsp3) is 0.278. The molecule has 0 unspecified atom stereocenters. The number of hydrogen-bond donors (Lipinski definition) is 2. The second-order valence-electron chi connectivity index (χ2n) is 5.80. The molecule has 28 heavy (non-hydrogen) atoms. The molecular weight excluding hydrogens is 404 g/mol. The Morgan fingerprint density at radius 3 is 2.14 bits per heavy atom. The van der Waals surface area contributed by atoms with E-state index < -0.39 is 25.8 Å². The van der Waals surface area contributed by atoms with Crippen LogP contribution in [0.3, 0.4) is 0 Å². The molecule has 2 aromatic carbocycles. The van der Waals surface area contributed by atoms with E-state index in [-0.39, 0.29) is 33.4 Å². The van der Waals surface area contributed by atoms with Crippen LogP contribution in [0.15, 0.2) is 47.4 Å². The first-order chi connectivity index (χ1) is 13.1. The number of sulfonamides is 1. The van der Waals surface area contributed by atoms with Crippen LogP contribution in [0.25, 0.3) is 0 Å². The van der Waals surface area contributed by atoms with Crippen molar-refractivity contribution in [3.63, 3.8) is 0 Å². The van der Waals surface area contributed by atoms with Gasteiger partial charge in [-0.3, -0.25) is 9.52 Å². The predicted octanol–water partition coefficient (Wildman–Crippen LogP) is 2.50. The van der Waals surface area contributed by atoms with Crippen molar-refractivity contribution in [2.75, 3.05) is 28.7 Å². The van der Waals surface area contributed by atoms with Crippen molar-refractivity contribution in [3.8, 4) is 5.75 Å². The van der Waals surface area contributed by atoms with E-state index in [1.54, 1.807) is 6.92 Å². The third kappa shape index (κ3) is 5.23. The van der Waals surface area contributed by atoms with E-state index in [2.05, 4.69) is 10.0 Å². The van der Waals surface area contributed by atoms with Crippen molar-refractivity contribution in [1.29, 1.82) is 0 Å². The zero-order valence-corrected chi connectivity index (χ0v) is 17.4. The molecule has 0 radical (unpaired) electrons. The maximum absolute atomic E-state index is 12.4. The van der Waals surface area contributed by atoms with E-state index in [1.165, 1.54) is 56.5 Å². The van der Waals surface area contributed by atoms with Crippen LogP contribution in [0.2, 0.25) is 0 Å². The number of benzene rings is 2. The number of hydrogen-bond acceptors (Lipinski definition) is 6. The van der Waals surface area contributed by atoms with Gasteiger partial charge in [0.05, 0.1) is 29.2 Å². The quantitative estimate of drug-likeness (QED) is 0.669. The molecule has 1 amide bonds. The molecule has 2 aromatic rings. The van der Waals surface area contributed by atoms with E-state index in [9.17, 15) is 21.6 Å². The van der Waals surface area contributed by atoms with Crippen molar-refractivity contribution < 1.29 is 26.4 Å². The van der Waals surface area contributed by atoms with Gasteiger partial charge in [0.15, 0.2) is 9.84 Å². The summed E-state index contributed by atoms with van der Waals surface area (Å²) >= 11 is 0. The molecule has 0 atom stereocenters. The molecule has 0 fully saturated rings. The zero-order chi connectivity index (χ0) is 20.9. The molecule has 0 aliphatic heterocycles. The number of nitrogens with one attached hydrogen (secondary N) is 2. The summed E-state index contributed by atoms with van der Waals surface area (Å²) < 4.78 is 54.7. The minimum Gasteiger partial charge on any atom is -0.494 e. The van der Waals surface area contributed by atoms with Gasteiger partial charge in [-0.2, -0.15) is 0 Å². The number of amides is 1. The maximum Gasteiger partial charge on any atom is 0.255 e. The van der Waals surface area contributed by atoms with E-state index in [1.807, 2.05) is 0 Å². The highest BCUT2D eigenvalue weighted by molar-refractivity contribution is 7.92. The van der Waals surface area contributed by atoms with Gasteiger partial charge < -0.3 is 10.1 Å². The zero-order valence-electron chi connectivity index (χ0n) is 15.7. The van der Waals surface area contributed by atoms with Crippen molar-refractivity contribution in [3.05, 3.63) is 48.0 Å². The first kappa shape index (κ1) is 21.7. The number of methoxy groups -OCH3 is 1. The van der Waals surface area contributed by atoms with Gasteiger partial charge >= 0.3 is 0 Å². The predicted molar refractivity (Wildman–Crippen MR) is 108 cm³/mol. The van der Waals surface area contributed by atoms with E-state index in [4.69, 9.17) is 4.74 Å². The smallest absolute Gasteiger partial charge is 0.255 e. The molecule has 0 saturated carbocycles. The number of carbonyl (C=O) groups is 1. The molecule has 152 valence electrons. The molecule has 0 spiro atoms. The van der Waals surface area contributed by atoms with Gasteiger partial charge in [0, 0.05) is 17.3 Å². The highest BCUT2D eigenvalue weighted by Gasteiger charge is 2.15. The average Bonchev–Trinajstić information content (AvgIpc) is 2.69. The minimum absolute atomic E-state index is 0.0214. The van der Waals surface area contributed by atoms with Crippen LogP contribution in [0.4, 0.5) is 11.4 Å². The van der Waals surface area contributed by atoms with Crippen LogP contribution in [-0.4, -0.2) is 41.4 Å². The SMILES string of the molecule is CCS(=O)(=O)Nc1ccc(NC(=O)c2ccc(S(=O)(=O)CC)cc2)cc1OC. The van der Waals surface area contributed by atoms with Gasteiger partial charge in [-0.15, -0.1) is 0 Å². The van der Waals surface area contributed by atoms with Gasteiger partial charge in [0.25, 0.3) is 5.91 Å². The van der Waals surface area contributed by atoms with Crippen LogP contribution >= 0.6 is 0 Å². The summed E-state index contributed by atoms with van der Waals surface area (Å²) in [5.74, 6) is -0.297. The largest absolute Gasteiger partial charge is 0.494 e. The summed E-state index contributed by atoms with van der Waals surface area (Å²) in [5, 5.41) is 2.66. The lowest BCUT2D eigenvalue weighted by Gasteiger charge is -2.13. The van der Waals surface area contributed by atoms with Crippen LogP contribution in [0.1, 0.15) is 24.2 Å². The van der Waals surface area contributed by atoms with Gasteiger partial charge in [0.2, 0.25) is 10.0 Å². The van der Waals surface area contributed by atoms with Crippen molar-refractivity contribution in [2.24, 2.45) is 0 Å². The number of sulfone groups is 1. The third-order valence-corrected chi connectivity index (χ3v) is 7.00. The number of carbonyl (C=O) groups excluding carboxylic acids is 1. The molecular formula is C18H22N2O6S2. The van der Waals surface area contributed by atoms with Crippen LogP contribution in [0.5, 0.6) is 5.75 Å². The van der Waals surface area contributed by atoms with Gasteiger partial charge in [-0.25, -0.2) is 16.8 Å². The van der Waals surface area contributed by atoms with Crippen LogP contribution in [-0.2, 0) is 19.9 Å². The van der Waals surface area contributed by atoms with Gasteiger partial charge in [-0.05, 0) is 43.3 Å². The Bertz CT molecular complexity index is 1060. The fourth-order valence-electron chi connectivity index (χ4n) is 2.28. The highest BCUT2D eigenvalue weighted by atomic mass is 32.2. The lowest BCUT2D eigenvalue weighted by Crippen LogP contribution is -2.16. The second kappa shape index (κ2) is 8.61. The fourth-order valence-corrected chi connectivity index (χ4v) is 3.81. The second-order valence-corrected chi connectivity index (χ2v) is 10.1. The Morgan fingerprint density at radius 1 is 0.964 bits per heavy atom. The third-order valence-electron chi connectivity index (χ3n) is 3.96. The molecule has 0 aliphatic rings. The summed E-state index contributed by atoms with van der Waals surface area (Å²) in [6.45, 7) is 3.06. The standard InChI is InChI=1S/C18H22N2O6S2/c1-4-27(22,23)15-9-6-13(7-10-15)18(21)19-14-8-11-16(17(12-14)26-3)20-28(24,25)5-2/h6-12,20H,4-5H2,1-3H3,(H,19,21). The Labute approximate surface area is 164 Å². The van der Waals surface area contributed by atoms with Crippen LogP contribution in [0, 0.1) is 0 Å². The molecule has 0 aliphatic carbocycles. The monoisotopic (exact) mass is 426 g/mol. The van der Waals surface area contributed by atoms with Crippen molar-refractivity contribution in [1.82, 2.24) is 0 Å². The van der Waals surface area contributed by atoms with Crippen LogP contribution < -0.4 is 14.8 Å². The Morgan fingerprint density at radius 2 is 1.61 bits per heavy atom. The summed E-state index contributed by atoms with van der Waals surface area (Å²) in [5.41, 5.74) is 0.938. The van der Waals surface area contributed by atoms with Crippen molar-refractivity contribution >= 4 is 37.1 Å². The molecule has 10 heteroatoms. The van der Waals surface area contributed by atoms with E-state index >= 15 is 0 Å². The molecule has 2 N–H and O–H groups in total. The number of anilines is 2. The number of ether oxygens (including phenoxy) is 1. The van der Waals surface area contributed by atoms with E-state index in [0.717, 1.165) is 0 Å². The average molecular weight is 427 g/mol. The molecule has 0 aromatic heterocycles. The van der Waals surface area contributed by atoms with Gasteiger partial charge in [-0.1, -0.05) is 6.92 Å². The summed E-state index contributed by atoms with van der Waals surface area (Å²) in [7, 11) is -5.42. The minimum atomic E-state index is -3.47. The topological polar surface area (TPSA) is 119 Å². The number of rotatable bonds is 8. The Hall–Kier alpha value is -2.59. The molecule has 0 bridgehead atoms. The van der Waals surface area contributed by atoms with Crippen molar-refractivity contribution in [2.45, 2.75) is 18.7 Å².